The molecule has 0 aliphatic rings. The minimum Gasteiger partial charge on any atom is -0.480 e. The Labute approximate surface area is 229 Å². The molecule has 1 unspecified atom stereocenters. The summed E-state index contributed by atoms with van der Waals surface area (Å²) in [5.74, 6) is -1.49. The van der Waals surface area contributed by atoms with E-state index in [4.69, 9.17) is 9.47 Å². The van der Waals surface area contributed by atoms with Gasteiger partial charge in [0.1, 0.15) is 18.4 Å². The number of benzene rings is 2. The fourth-order valence-electron chi connectivity index (χ4n) is 4.00. The Bertz CT molecular complexity index is 1560. The largest absolute Gasteiger partial charge is 0.480 e. The molecule has 0 amide bonds. The van der Waals surface area contributed by atoms with E-state index in [1.54, 1.807) is 55.7 Å². The Balaban J connectivity index is 1.53. The average Bonchev–Trinajstić information content (AvgIpc) is 3.29. The van der Waals surface area contributed by atoms with Crippen LogP contribution in [0.3, 0.4) is 0 Å². The molecule has 2 heterocycles. The second-order valence-corrected chi connectivity index (χ2v) is 18.4. The maximum absolute atomic E-state index is 12.3. The summed E-state index contributed by atoms with van der Waals surface area (Å²) in [6, 6.07) is 17.4. The molecule has 2 aromatic heterocycles. The van der Waals surface area contributed by atoms with E-state index in [0.717, 1.165) is 11.6 Å². The number of sulfone groups is 1. The van der Waals surface area contributed by atoms with Crippen molar-refractivity contribution >= 4 is 34.9 Å². The number of hydrogen-bond donors (Lipinski definition) is 1. The molecule has 0 bridgehead atoms. The van der Waals surface area contributed by atoms with Gasteiger partial charge in [0.05, 0.1) is 33.7 Å². The number of fused-ring (bicyclic) bond motifs is 1. The highest BCUT2D eigenvalue weighted by molar-refractivity contribution is 7.91. The van der Waals surface area contributed by atoms with Crippen molar-refractivity contribution in [3.05, 3.63) is 78.2 Å². The molecule has 0 saturated carbocycles. The van der Waals surface area contributed by atoms with Crippen LogP contribution in [-0.2, 0) is 26.1 Å². The van der Waals surface area contributed by atoms with Crippen LogP contribution in [0.1, 0.15) is 24.1 Å². The van der Waals surface area contributed by atoms with Gasteiger partial charge in [-0.15, -0.1) is 0 Å². The molecular weight excluding hydrogens is 534 g/mol. The third kappa shape index (κ3) is 7.11. The second kappa shape index (κ2) is 11.7. The summed E-state index contributed by atoms with van der Waals surface area (Å²) in [5.41, 5.74) is 2.37. The standard InChI is InChI=1S/C28H33N3O6SSi/c1-5-38(34,35)22-12-10-21(11-13-22)37-26-8-6-7-23(30-26)27(28(32)33)20-9-14-25-24(17-20)29-18-31(25)19-36-15-16-39(2,3)4/h6-14,17-18,27H,5,15-16,19H2,1-4H3,(H,32,33). The number of aromatic nitrogens is 3. The van der Waals surface area contributed by atoms with Crippen molar-refractivity contribution < 1.29 is 27.8 Å². The van der Waals surface area contributed by atoms with E-state index in [2.05, 4.69) is 29.6 Å². The van der Waals surface area contributed by atoms with E-state index in [9.17, 15) is 18.3 Å². The van der Waals surface area contributed by atoms with Gasteiger partial charge in [-0.2, -0.15) is 0 Å². The minimum atomic E-state index is -3.32. The van der Waals surface area contributed by atoms with Gasteiger partial charge in [-0.05, 0) is 54.1 Å². The van der Waals surface area contributed by atoms with Crippen molar-refractivity contribution in [3.8, 4) is 11.6 Å². The molecule has 4 aromatic rings. The van der Waals surface area contributed by atoms with Crippen LogP contribution in [0.4, 0.5) is 0 Å². The lowest BCUT2D eigenvalue weighted by atomic mass is 9.95. The minimum absolute atomic E-state index is 0.00587. The number of carbonyl (C=O) groups is 1. The molecule has 0 radical (unpaired) electrons. The first kappa shape index (κ1) is 28.5. The lowest BCUT2D eigenvalue weighted by molar-refractivity contribution is -0.137. The Morgan fingerprint density at radius 1 is 1.08 bits per heavy atom. The van der Waals surface area contributed by atoms with Crippen LogP contribution in [-0.4, -0.2) is 54.5 Å². The fraction of sp³-hybridized carbons (Fsp3) is 0.321. The average molecular weight is 568 g/mol. The van der Waals surface area contributed by atoms with Crippen LogP contribution in [0.15, 0.2) is 71.9 Å². The molecule has 9 nitrogen and oxygen atoms in total. The maximum Gasteiger partial charge on any atom is 0.317 e. The number of rotatable bonds is 12. The van der Waals surface area contributed by atoms with Crippen LogP contribution < -0.4 is 4.74 Å². The van der Waals surface area contributed by atoms with E-state index in [1.165, 1.54) is 12.1 Å². The van der Waals surface area contributed by atoms with Crippen LogP contribution in [0.5, 0.6) is 11.6 Å². The van der Waals surface area contributed by atoms with Gasteiger partial charge < -0.3 is 19.1 Å². The molecule has 1 N–H and O–H groups in total. The Hall–Kier alpha value is -3.54. The summed E-state index contributed by atoms with van der Waals surface area (Å²) in [4.78, 5) is 21.5. The SMILES string of the molecule is CCS(=O)(=O)c1ccc(Oc2cccc(C(C(=O)O)c3ccc4c(c3)ncn4COCC[Si](C)(C)C)n2)cc1. The van der Waals surface area contributed by atoms with Crippen LogP contribution in [0, 0.1) is 0 Å². The number of carboxylic acids is 1. The predicted octanol–water partition coefficient (Wildman–Crippen LogP) is 5.55. The van der Waals surface area contributed by atoms with Gasteiger partial charge in [0.15, 0.2) is 9.84 Å². The predicted molar refractivity (Wildman–Crippen MR) is 152 cm³/mol. The van der Waals surface area contributed by atoms with Gasteiger partial charge in [0, 0.05) is 20.7 Å². The molecule has 0 aliphatic carbocycles. The highest BCUT2D eigenvalue weighted by Crippen LogP contribution is 2.29. The molecule has 206 valence electrons. The molecule has 0 aliphatic heterocycles. The van der Waals surface area contributed by atoms with Gasteiger partial charge in [0.2, 0.25) is 5.88 Å². The number of carboxylic acid groups (broad SMARTS) is 1. The number of ether oxygens (including phenoxy) is 2. The van der Waals surface area contributed by atoms with E-state index < -0.39 is 29.8 Å². The number of pyridine rings is 1. The highest BCUT2D eigenvalue weighted by Gasteiger charge is 2.25. The summed E-state index contributed by atoms with van der Waals surface area (Å²) >= 11 is 0. The zero-order valence-corrected chi connectivity index (χ0v) is 24.3. The fourth-order valence-corrected chi connectivity index (χ4v) is 5.64. The lowest BCUT2D eigenvalue weighted by Gasteiger charge is -2.16. The van der Waals surface area contributed by atoms with Crippen molar-refractivity contribution in [1.82, 2.24) is 14.5 Å². The molecule has 11 heteroatoms. The van der Waals surface area contributed by atoms with Gasteiger partial charge in [-0.25, -0.2) is 18.4 Å². The zero-order valence-electron chi connectivity index (χ0n) is 22.5. The Kier molecular flexibility index (Phi) is 8.53. The summed E-state index contributed by atoms with van der Waals surface area (Å²) in [6.45, 7) is 9.58. The van der Waals surface area contributed by atoms with E-state index >= 15 is 0 Å². The van der Waals surface area contributed by atoms with Gasteiger partial charge in [-0.3, -0.25) is 4.79 Å². The monoisotopic (exact) mass is 567 g/mol. The van der Waals surface area contributed by atoms with Crippen molar-refractivity contribution in [3.63, 3.8) is 0 Å². The zero-order chi connectivity index (χ0) is 28.2. The summed E-state index contributed by atoms with van der Waals surface area (Å²) in [7, 11) is -4.50. The quantitative estimate of drug-likeness (QED) is 0.175. The molecule has 0 fully saturated rings. The third-order valence-corrected chi connectivity index (χ3v) is 9.73. The summed E-state index contributed by atoms with van der Waals surface area (Å²) in [6.07, 6.45) is 1.70. The normalized spacial score (nSPS) is 12.9. The van der Waals surface area contributed by atoms with Crippen LogP contribution in [0.2, 0.25) is 25.7 Å². The van der Waals surface area contributed by atoms with Gasteiger partial charge >= 0.3 is 5.97 Å². The summed E-state index contributed by atoms with van der Waals surface area (Å²) < 4.78 is 37.6. The van der Waals surface area contributed by atoms with E-state index in [1.807, 2.05) is 10.6 Å². The van der Waals surface area contributed by atoms with Crippen molar-refractivity contribution in [2.75, 3.05) is 12.4 Å². The van der Waals surface area contributed by atoms with E-state index in [0.29, 0.717) is 35.9 Å². The van der Waals surface area contributed by atoms with Crippen molar-refractivity contribution in [1.29, 1.82) is 0 Å². The second-order valence-electron chi connectivity index (χ2n) is 10.5. The molecular formula is C28H33N3O6SSi. The lowest BCUT2D eigenvalue weighted by Crippen LogP contribution is -2.21. The van der Waals surface area contributed by atoms with E-state index in [-0.39, 0.29) is 16.5 Å². The van der Waals surface area contributed by atoms with Crippen LogP contribution >= 0.6 is 0 Å². The Morgan fingerprint density at radius 2 is 1.82 bits per heavy atom. The molecule has 0 spiro atoms. The first-order valence-corrected chi connectivity index (χ1v) is 18.1. The molecule has 39 heavy (non-hydrogen) atoms. The molecule has 0 saturated heterocycles. The Morgan fingerprint density at radius 3 is 2.49 bits per heavy atom. The summed E-state index contributed by atoms with van der Waals surface area (Å²) in [5, 5.41) is 10.1. The maximum atomic E-state index is 12.3. The van der Waals surface area contributed by atoms with Gasteiger partial charge in [0.25, 0.3) is 0 Å². The topological polar surface area (TPSA) is 121 Å². The third-order valence-electron chi connectivity index (χ3n) is 6.28. The number of imidazole rings is 1. The van der Waals surface area contributed by atoms with Crippen LogP contribution in [0.25, 0.3) is 11.0 Å². The molecule has 1 atom stereocenters. The van der Waals surface area contributed by atoms with Crippen molar-refractivity contribution in [2.45, 2.75) is 50.2 Å². The highest BCUT2D eigenvalue weighted by atomic mass is 32.2. The number of nitrogens with zero attached hydrogens (tertiary/aromatic N) is 3. The number of hydrogen-bond acceptors (Lipinski definition) is 7. The van der Waals surface area contributed by atoms with Crippen molar-refractivity contribution in [2.24, 2.45) is 0 Å². The van der Waals surface area contributed by atoms with Gasteiger partial charge in [-0.1, -0.05) is 38.7 Å². The molecule has 4 rings (SSSR count). The molecule has 2 aromatic carbocycles. The number of aliphatic carboxylic acids is 1. The smallest absolute Gasteiger partial charge is 0.317 e. The first-order chi connectivity index (χ1) is 18.5. The first-order valence-electron chi connectivity index (χ1n) is 12.7.